The predicted octanol–water partition coefficient (Wildman–Crippen LogP) is 0.688. The Morgan fingerprint density at radius 2 is 2.08 bits per heavy atom. The molecule has 0 aliphatic carbocycles. The maximum absolute atomic E-state index is 12.8. The van der Waals surface area contributed by atoms with Crippen LogP contribution in [0, 0.1) is 0 Å². The Kier molecular flexibility index (Phi) is 5.89. The normalized spacial score (nSPS) is 16.9. The molecule has 0 fully saturated rings. The number of ether oxygens (including phenoxy) is 2. The van der Waals surface area contributed by atoms with Gasteiger partial charge in [0.2, 0.25) is 0 Å². The number of nitrogens with one attached hydrogen (secondary N) is 1. The second kappa shape index (κ2) is 7.76. The number of aromatic nitrogens is 2. The minimum atomic E-state index is -0.722. The number of esters is 1. The van der Waals surface area contributed by atoms with E-state index in [0.717, 1.165) is 12.2 Å². The van der Waals surface area contributed by atoms with Crippen LogP contribution in [0.4, 0.5) is 9.59 Å². The molecule has 1 aromatic rings. The Morgan fingerprint density at radius 1 is 1.38 bits per heavy atom. The van der Waals surface area contributed by atoms with Crippen LogP contribution in [0.5, 0.6) is 0 Å². The van der Waals surface area contributed by atoms with E-state index in [9.17, 15) is 14.4 Å². The summed E-state index contributed by atoms with van der Waals surface area (Å²) in [6.07, 6.45) is 3.35. The zero-order valence-electron chi connectivity index (χ0n) is 15.9. The smallest absolute Gasteiger partial charge is 0.416 e. The third-order valence-corrected chi connectivity index (χ3v) is 3.98. The van der Waals surface area contributed by atoms with Crippen LogP contribution < -0.4 is 9.88 Å². The predicted molar refractivity (Wildman–Crippen MR) is 91.5 cm³/mol. The number of imidazole rings is 1. The first kappa shape index (κ1) is 19.7. The number of aryl methyl sites for hydroxylation is 1. The topological polar surface area (TPSA) is 93.8 Å². The molecule has 1 N–H and O–H groups in total. The highest BCUT2D eigenvalue weighted by Gasteiger charge is 2.41. The molecular weight excluding hydrogens is 340 g/mol. The summed E-state index contributed by atoms with van der Waals surface area (Å²) in [5, 5.41) is 2.60. The summed E-state index contributed by atoms with van der Waals surface area (Å²) < 4.78 is 13.4. The van der Waals surface area contributed by atoms with E-state index in [0.29, 0.717) is 6.42 Å². The molecule has 1 aliphatic heterocycles. The van der Waals surface area contributed by atoms with E-state index in [4.69, 9.17) is 9.47 Å². The van der Waals surface area contributed by atoms with Gasteiger partial charge in [-0.15, -0.1) is 4.57 Å². The van der Waals surface area contributed by atoms with E-state index < -0.39 is 23.7 Å². The molecule has 0 aromatic carbocycles. The molecule has 1 unspecified atom stereocenters. The third-order valence-electron chi connectivity index (χ3n) is 3.98. The Hall–Kier alpha value is -2.58. The molecule has 144 valence electrons. The molecule has 9 heteroatoms. The van der Waals surface area contributed by atoms with E-state index >= 15 is 0 Å². The van der Waals surface area contributed by atoms with Crippen molar-refractivity contribution in [3.05, 3.63) is 18.2 Å². The largest absolute Gasteiger partial charge is 0.467 e. The number of fused-ring (bicyclic) bond motifs is 1. The molecule has 1 aromatic heterocycles. The van der Waals surface area contributed by atoms with Crippen LogP contribution in [0.25, 0.3) is 0 Å². The van der Waals surface area contributed by atoms with E-state index in [1.165, 1.54) is 16.6 Å². The summed E-state index contributed by atoms with van der Waals surface area (Å²) in [6.45, 7) is 8.33. The van der Waals surface area contributed by atoms with E-state index in [1.54, 1.807) is 27.1 Å². The van der Waals surface area contributed by atoms with Crippen LogP contribution in [-0.4, -0.2) is 59.4 Å². The fourth-order valence-electron chi connectivity index (χ4n) is 2.78. The minimum absolute atomic E-state index is 0.165. The van der Waals surface area contributed by atoms with Crippen LogP contribution in [0.2, 0.25) is 0 Å². The molecule has 1 atom stereocenters. The average molecular weight is 367 g/mol. The van der Waals surface area contributed by atoms with Crippen molar-refractivity contribution in [1.82, 2.24) is 14.8 Å². The summed E-state index contributed by atoms with van der Waals surface area (Å²) in [5.41, 5.74) is 0.150. The molecule has 0 spiro atoms. The van der Waals surface area contributed by atoms with E-state index in [2.05, 4.69) is 5.32 Å². The van der Waals surface area contributed by atoms with Gasteiger partial charge in [0.05, 0.1) is 13.7 Å². The zero-order chi connectivity index (χ0) is 19.5. The Labute approximate surface area is 152 Å². The van der Waals surface area contributed by atoms with Gasteiger partial charge in [-0.3, -0.25) is 4.90 Å². The molecule has 0 bridgehead atoms. The van der Waals surface area contributed by atoms with Crippen molar-refractivity contribution in [2.45, 2.75) is 52.3 Å². The van der Waals surface area contributed by atoms with Gasteiger partial charge in [0.1, 0.15) is 17.8 Å². The van der Waals surface area contributed by atoms with Gasteiger partial charge in [-0.1, -0.05) is 0 Å². The highest BCUT2D eigenvalue weighted by molar-refractivity contribution is 5.87. The monoisotopic (exact) mass is 367 g/mol. The number of alkyl carbamates (subject to hydrolysis) is 1. The number of hydrogen-bond donors (Lipinski definition) is 1. The molecule has 9 nitrogen and oxygen atoms in total. The van der Waals surface area contributed by atoms with Gasteiger partial charge in [-0.2, -0.15) is 0 Å². The first-order valence-electron chi connectivity index (χ1n) is 8.62. The molecule has 1 aliphatic rings. The van der Waals surface area contributed by atoms with E-state index in [-0.39, 0.29) is 19.1 Å². The molecular formula is C17H27N4O5+. The van der Waals surface area contributed by atoms with Gasteiger partial charge in [0, 0.05) is 19.5 Å². The van der Waals surface area contributed by atoms with E-state index in [1.807, 2.05) is 17.7 Å². The standard InChI is InChI=1S/C17H26N4O5/c1-6-19-10-12-9-13(14(22)25-5)20(16(24)21(12)11-19)8-7-18-15(23)26-17(2,3)4/h10-11,13H,6-9H2,1-5H3/p+1. The number of hydrogen-bond acceptors (Lipinski definition) is 5. The molecule has 2 heterocycles. The molecule has 0 radical (unpaired) electrons. The first-order valence-corrected chi connectivity index (χ1v) is 8.62. The van der Waals surface area contributed by atoms with Crippen molar-refractivity contribution >= 4 is 18.1 Å². The van der Waals surface area contributed by atoms with Crippen LogP contribution >= 0.6 is 0 Å². The number of carbonyl (C=O) groups excluding carboxylic acids is 3. The highest BCUT2D eigenvalue weighted by Crippen LogP contribution is 2.18. The fraction of sp³-hybridized carbons (Fsp3) is 0.647. The van der Waals surface area contributed by atoms with Crippen molar-refractivity contribution in [3.8, 4) is 0 Å². The van der Waals surface area contributed by atoms with Gasteiger partial charge >= 0.3 is 18.1 Å². The summed E-state index contributed by atoms with van der Waals surface area (Å²) in [4.78, 5) is 38.1. The molecule has 0 saturated heterocycles. The van der Waals surface area contributed by atoms with Crippen LogP contribution in [0.3, 0.4) is 0 Å². The van der Waals surface area contributed by atoms with Gasteiger partial charge in [0.15, 0.2) is 5.69 Å². The lowest BCUT2D eigenvalue weighted by Gasteiger charge is -2.31. The maximum Gasteiger partial charge on any atom is 0.416 e. The Balaban J connectivity index is 2.09. The number of amides is 2. The highest BCUT2D eigenvalue weighted by atomic mass is 16.6. The minimum Gasteiger partial charge on any atom is -0.467 e. The molecule has 2 amide bonds. The van der Waals surface area contributed by atoms with Crippen LogP contribution in [-0.2, 0) is 27.2 Å². The second-order valence-electron chi connectivity index (χ2n) is 7.08. The van der Waals surface area contributed by atoms with Gasteiger partial charge < -0.3 is 14.8 Å². The third kappa shape index (κ3) is 4.53. The summed E-state index contributed by atoms with van der Waals surface area (Å²) in [5.74, 6) is -0.480. The van der Waals surface area contributed by atoms with Crippen molar-refractivity contribution in [3.63, 3.8) is 0 Å². The van der Waals surface area contributed by atoms with Crippen LogP contribution in [0.1, 0.15) is 33.4 Å². The van der Waals surface area contributed by atoms with Crippen molar-refractivity contribution < 1.29 is 28.4 Å². The maximum atomic E-state index is 12.8. The SMILES string of the molecule is CC[n+]1cc2n(c1)C(=O)N(CCNC(=O)OC(C)(C)C)C(C(=O)OC)C2. The lowest BCUT2D eigenvalue weighted by molar-refractivity contribution is -0.692. The summed E-state index contributed by atoms with van der Waals surface area (Å²) >= 11 is 0. The summed E-state index contributed by atoms with van der Waals surface area (Å²) in [7, 11) is 1.30. The first-order chi connectivity index (χ1) is 12.2. The van der Waals surface area contributed by atoms with Gasteiger partial charge in [0.25, 0.3) is 6.33 Å². The summed E-state index contributed by atoms with van der Waals surface area (Å²) in [6, 6.07) is -1.04. The average Bonchev–Trinajstić information content (AvgIpc) is 2.98. The molecule has 0 saturated carbocycles. The van der Waals surface area contributed by atoms with Crippen molar-refractivity contribution in [2.75, 3.05) is 20.2 Å². The molecule has 26 heavy (non-hydrogen) atoms. The Bertz CT molecular complexity index is 692. The lowest BCUT2D eigenvalue weighted by atomic mass is 10.1. The van der Waals surface area contributed by atoms with Crippen molar-refractivity contribution in [2.24, 2.45) is 0 Å². The number of methoxy groups -OCH3 is 1. The van der Waals surface area contributed by atoms with Crippen molar-refractivity contribution in [1.29, 1.82) is 0 Å². The fourth-order valence-corrected chi connectivity index (χ4v) is 2.78. The number of nitrogens with zero attached hydrogens (tertiary/aromatic N) is 3. The zero-order valence-corrected chi connectivity index (χ0v) is 15.9. The lowest BCUT2D eigenvalue weighted by Crippen LogP contribution is -2.54. The number of carbonyl (C=O) groups is 3. The molecule has 2 rings (SSSR count). The Morgan fingerprint density at radius 3 is 2.65 bits per heavy atom. The quantitative estimate of drug-likeness (QED) is 0.610. The van der Waals surface area contributed by atoms with Crippen LogP contribution in [0.15, 0.2) is 12.5 Å². The number of rotatable bonds is 5. The van der Waals surface area contributed by atoms with Gasteiger partial charge in [-0.05, 0) is 27.7 Å². The van der Waals surface area contributed by atoms with Gasteiger partial charge in [-0.25, -0.2) is 19.0 Å². The second-order valence-corrected chi connectivity index (χ2v) is 7.08.